The average molecular weight is 304 g/mol. The fraction of sp³-hybridized carbons (Fsp3) is 0.538. The minimum Gasteiger partial charge on any atom is -0.392 e. The molecule has 1 saturated carbocycles. The molecule has 0 radical (unpaired) electrons. The number of nitrogens with one attached hydrogen (secondary N) is 1. The van der Waals surface area contributed by atoms with Gasteiger partial charge in [-0.25, -0.2) is 13.1 Å². The Hall–Kier alpha value is -0.620. The van der Waals surface area contributed by atoms with E-state index < -0.39 is 21.5 Å². The van der Waals surface area contributed by atoms with Gasteiger partial charge in [-0.15, -0.1) is 0 Å². The van der Waals surface area contributed by atoms with Gasteiger partial charge in [0.05, 0.1) is 11.0 Å². The van der Waals surface area contributed by atoms with Crippen LogP contribution in [0.25, 0.3) is 0 Å². The first-order valence-corrected chi connectivity index (χ1v) is 7.97. The van der Waals surface area contributed by atoms with Crippen molar-refractivity contribution in [2.45, 2.75) is 44.2 Å². The highest BCUT2D eigenvalue weighted by Crippen LogP contribution is 2.41. The molecule has 0 aliphatic heterocycles. The van der Waals surface area contributed by atoms with E-state index in [1.54, 1.807) is 19.1 Å². The topological polar surface area (TPSA) is 66.4 Å². The molecule has 0 aromatic heterocycles. The number of sulfonamides is 1. The predicted molar refractivity (Wildman–Crippen MR) is 74.7 cm³/mol. The minimum atomic E-state index is -3.58. The van der Waals surface area contributed by atoms with Crippen molar-refractivity contribution in [2.75, 3.05) is 0 Å². The Labute approximate surface area is 118 Å². The summed E-state index contributed by atoms with van der Waals surface area (Å²) in [4.78, 5) is 0.231. The molecule has 0 heterocycles. The quantitative estimate of drug-likeness (QED) is 0.898. The Morgan fingerprint density at radius 2 is 2.05 bits per heavy atom. The number of aliphatic hydroxyl groups excluding tert-OH is 1. The average Bonchev–Trinajstić information content (AvgIpc) is 2.27. The fourth-order valence-electron chi connectivity index (χ4n) is 2.27. The van der Waals surface area contributed by atoms with E-state index in [9.17, 15) is 13.5 Å². The van der Waals surface area contributed by atoms with Gasteiger partial charge in [0.1, 0.15) is 0 Å². The molecule has 1 fully saturated rings. The summed E-state index contributed by atoms with van der Waals surface area (Å²) in [6.45, 7) is 5.41. The van der Waals surface area contributed by atoms with Crippen LogP contribution in [0, 0.1) is 12.3 Å². The predicted octanol–water partition coefficient (Wildman–Crippen LogP) is 2.09. The molecule has 2 unspecified atom stereocenters. The van der Waals surface area contributed by atoms with Crippen LogP contribution in [0.2, 0.25) is 5.02 Å². The van der Waals surface area contributed by atoms with E-state index in [0.717, 1.165) is 0 Å². The molecule has 4 nitrogen and oxygen atoms in total. The van der Waals surface area contributed by atoms with Gasteiger partial charge in [-0.1, -0.05) is 25.4 Å². The maximum atomic E-state index is 12.3. The van der Waals surface area contributed by atoms with Crippen molar-refractivity contribution in [1.29, 1.82) is 0 Å². The van der Waals surface area contributed by atoms with Crippen LogP contribution in [0.4, 0.5) is 0 Å². The molecule has 2 N–H and O–H groups in total. The smallest absolute Gasteiger partial charge is 0.241 e. The normalized spacial score (nSPS) is 25.9. The van der Waals surface area contributed by atoms with Gasteiger partial charge in [0, 0.05) is 16.5 Å². The molecule has 1 aliphatic carbocycles. The van der Waals surface area contributed by atoms with E-state index in [1.165, 1.54) is 6.07 Å². The minimum absolute atomic E-state index is 0.231. The van der Waals surface area contributed by atoms with Gasteiger partial charge in [-0.05, 0) is 37.1 Å². The van der Waals surface area contributed by atoms with Crippen LogP contribution in [-0.4, -0.2) is 25.7 Å². The highest BCUT2D eigenvalue weighted by molar-refractivity contribution is 7.89. The Morgan fingerprint density at radius 1 is 1.42 bits per heavy atom. The van der Waals surface area contributed by atoms with E-state index in [1.807, 2.05) is 13.8 Å². The molecular weight excluding hydrogens is 286 g/mol. The summed E-state index contributed by atoms with van der Waals surface area (Å²) in [5, 5.41) is 10.2. The van der Waals surface area contributed by atoms with E-state index >= 15 is 0 Å². The van der Waals surface area contributed by atoms with Gasteiger partial charge in [0.25, 0.3) is 0 Å². The first kappa shape index (κ1) is 14.8. The van der Waals surface area contributed by atoms with E-state index in [4.69, 9.17) is 11.6 Å². The Kier molecular flexibility index (Phi) is 3.68. The molecule has 6 heteroatoms. The van der Waals surface area contributed by atoms with Crippen molar-refractivity contribution in [3.05, 3.63) is 28.8 Å². The molecule has 0 amide bonds. The third-order valence-electron chi connectivity index (χ3n) is 3.94. The maximum Gasteiger partial charge on any atom is 0.241 e. The molecule has 0 saturated heterocycles. The van der Waals surface area contributed by atoms with Gasteiger partial charge in [0.2, 0.25) is 10.0 Å². The van der Waals surface area contributed by atoms with Crippen LogP contribution >= 0.6 is 11.6 Å². The summed E-state index contributed by atoms with van der Waals surface area (Å²) in [5.41, 5.74) is 0.172. The number of benzene rings is 1. The van der Waals surface area contributed by atoms with Gasteiger partial charge in [-0.2, -0.15) is 0 Å². The molecule has 1 aromatic rings. The lowest BCUT2D eigenvalue weighted by molar-refractivity contribution is -0.0645. The summed E-state index contributed by atoms with van der Waals surface area (Å²) in [6, 6.07) is 4.44. The molecule has 2 rings (SSSR count). The Bertz CT molecular complexity index is 598. The van der Waals surface area contributed by atoms with Crippen LogP contribution in [0.1, 0.15) is 25.8 Å². The zero-order chi connectivity index (χ0) is 14.4. The monoisotopic (exact) mass is 303 g/mol. The lowest BCUT2D eigenvalue weighted by Gasteiger charge is -2.49. The second-order valence-electron chi connectivity index (χ2n) is 5.66. The Balaban J connectivity index is 2.25. The van der Waals surface area contributed by atoms with Crippen molar-refractivity contribution < 1.29 is 13.5 Å². The molecule has 1 aromatic carbocycles. The van der Waals surface area contributed by atoms with Crippen molar-refractivity contribution in [1.82, 2.24) is 4.72 Å². The summed E-state index contributed by atoms with van der Waals surface area (Å²) >= 11 is 5.83. The van der Waals surface area contributed by atoms with Crippen molar-refractivity contribution in [3.63, 3.8) is 0 Å². The van der Waals surface area contributed by atoms with Crippen LogP contribution in [0.3, 0.4) is 0 Å². The van der Waals surface area contributed by atoms with Crippen molar-refractivity contribution in [2.24, 2.45) is 5.41 Å². The van der Waals surface area contributed by atoms with Crippen LogP contribution in [0.15, 0.2) is 23.1 Å². The number of aryl methyl sites for hydroxylation is 1. The molecule has 19 heavy (non-hydrogen) atoms. The van der Waals surface area contributed by atoms with Crippen molar-refractivity contribution >= 4 is 21.6 Å². The van der Waals surface area contributed by atoms with Gasteiger partial charge in [0.15, 0.2) is 0 Å². The molecular formula is C13H18ClNO3S. The third-order valence-corrected chi connectivity index (χ3v) is 5.81. The highest BCUT2D eigenvalue weighted by Gasteiger charge is 2.49. The maximum absolute atomic E-state index is 12.3. The number of rotatable bonds is 3. The van der Waals surface area contributed by atoms with E-state index in [-0.39, 0.29) is 10.9 Å². The van der Waals surface area contributed by atoms with E-state index in [2.05, 4.69) is 4.72 Å². The molecule has 2 atom stereocenters. The largest absolute Gasteiger partial charge is 0.392 e. The highest BCUT2D eigenvalue weighted by atomic mass is 35.5. The lowest BCUT2D eigenvalue weighted by Crippen LogP contribution is -2.61. The number of halogens is 1. The number of hydrogen-bond acceptors (Lipinski definition) is 3. The summed E-state index contributed by atoms with van der Waals surface area (Å²) < 4.78 is 27.3. The van der Waals surface area contributed by atoms with Crippen LogP contribution < -0.4 is 4.72 Å². The SMILES string of the molecule is Cc1cc(Cl)ccc1S(=O)(=O)NC1CC(O)C1(C)C. The van der Waals surface area contributed by atoms with Gasteiger partial charge < -0.3 is 5.11 Å². The van der Waals surface area contributed by atoms with Gasteiger partial charge >= 0.3 is 0 Å². The second-order valence-corrected chi connectivity index (χ2v) is 7.78. The first-order valence-electron chi connectivity index (χ1n) is 6.11. The van der Waals surface area contributed by atoms with Crippen molar-refractivity contribution in [3.8, 4) is 0 Å². The van der Waals surface area contributed by atoms with Gasteiger partial charge in [-0.3, -0.25) is 0 Å². The zero-order valence-corrected chi connectivity index (χ0v) is 12.7. The molecule has 0 bridgehead atoms. The third kappa shape index (κ3) is 2.65. The van der Waals surface area contributed by atoms with Crippen LogP contribution in [0.5, 0.6) is 0 Å². The summed E-state index contributed by atoms with van der Waals surface area (Å²) in [7, 11) is -3.58. The van der Waals surface area contributed by atoms with E-state index in [0.29, 0.717) is 17.0 Å². The molecule has 0 spiro atoms. The fourth-order valence-corrected chi connectivity index (χ4v) is 4.13. The lowest BCUT2D eigenvalue weighted by atomic mass is 9.65. The number of aliphatic hydroxyl groups is 1. The number of hydrogen-bond donors (Lipinski definition) is 2. The Morgan fingerprint density at radius 3 is 2.53 bits per heavy atom. The van der Waals surface area contributed by atoms with Crippen LogP contribution in [-0.2, 0) is 10.0 Å². The molecule has 106 valence electrons. The zero-order valence-electron chi connectivity index (χ0n) is 11.1. The first-order chi connectivity index (χ1) is 8.64. The second kappa shape index (κ2) is 4.74. The summed E-state index contributed by atoms with van der Waals surface area (Å²) in [5.74, 6) is 0. The molecule has 1 aliphatic rings. The summed E-state index contributed by atoms with van der Waals surface area (Å²) in [6.07, 6.45) is -0.0229. The standard InChI is InChI=1S/C13H18ClNO3S/c1-8-6-9(14)4-5-10(8)19(17,18)15-11-7-12(16)13(11,2)3/h4-6,11-12,15-16H,7H2,1-3H3.